The Morgan fingerprint density at radius 1 is 1.67 bits per heavy atom. The molecule has 0 fully saturated rings. The van der Waals surface area contributed by atoms with Crippen LogP contribution >= 0.6 is 0 Å². The first-order valence-corrected chi connectivity index (χ1v) is 3.09. The molecule has 0 amide bonds. The summed E-state index contributed by atoms with van der Waals surface area (Å²) >= 11 is 0. The molecule has 0 aliphatic rings. The number of rotatable bonds is 5. The molecule has 0 heterocycles. The molecule has 0 spiro atoms. The molecule has 0 aliphatic heterocycles. The summed E-state index contributed by atoms with van der Waals surface area (Å²) in [6.45, 7) is 1.62. The second kappa shape index (κ2) is 6.01. The van der Waals surface area contributed by atoms with Crippen LogP contribution in [-0.4, -0.2) is 39.0 Å². The highest BCUT2D eigenvalue weighted by Gasteiger charge is 2.03. The summed E-state index contributed by atoms with van der Waals surface area (Å²) in [6.07, 6.45) is 0. The minimum atomic E-state index is 0.189. The van der Waals surface area contributed by atoms with Gasteiger partial charge in [-0.2, -0.15) is 0 Å². The van der Waals surface area contributed by atoms with Crippen LogP contribution in [0.4, 0.5) is 0 Å². The lowest BCUT2D eigenvalue weighted by Crippen LogP contribution is -2.25. The van der Waals surface area contributed by atoms with E-state index in [-0.39, 0.29) is 12.5 Å². The number of ether oxygens (including phenoxy) is 1. The number of aliphatic hydroxyl groups excluding tert-OH is 1. The van der Waals surface area contributed by atoms with E-state index in [0.29, 0.717) is 6.61 Å². The van der Waals surface area contributed by atoms with Gasteiger partial charge in [0.05, 0.1) is 6.61 Å². The Balaban J connectivity index is 3.18. The normalized spacial score (nSPS) is 13.7. The third-order valence-corrected chi connectivity index (χ3v) is 1.15. The Morgan fingerprint density at radius 3 is 2.67 bits per heavy atom. The quantitative estimate of drug-likeness (QED) is 0.529. The summed E-state index contributed by atoms with van der Waals surface area (Å²) in [5, 5.41) is 11.6. The van der Waals surface area contributed by atoms with Crippen molar-refractivity contribution in [1.82, 2.24) is 5.32 Å². The van der Waals surface area contributed by atoms with Crippen LogP contribution in [0.1, 0.15) is 0 Å². The molecule has 0 rings (SSSR count). The van der Waals surface area contributed by atoms with E-state index in [1.54, 1.807) is 7.11 Å². The lowest BCUT2D eigenvalue weighted by Gasteiger charge is -2.10. The van der Waals surface area contributed by atoms with Crippen molar-refractivity contribution in [2.45, 2.75) is 0 Å². The number of nitrogens with one attached hydrogen (secondary N) is 1. The van der Waals surface area contributed by atoms with Crippen molar-refractivity contribution in [3.63, 3.8) is 0 Å². The summed E-state index contributed by atoms with van der Waals surface area (Å²) < 4.78 is 4.85. The molecule has 0 aliphatic carbocycles. The molecule has 0 aromatic rings. The fourth-order valence-electron chi connectivity index (χ4n) is 0.701. The van der Waals surface area contributed by atoms with Crippen LogP contribution < -0.4 is 5.32 Å². The van der Waals surface area contributed by atoms with E-state index >= 15 is 0 Å². The summed E-state index contributed by atoms with van der Waals surface area (Å²) in [6, 6.07) is 0. The first-order chi connectivity index (χ1) is 4.35. The van der Waals surface area contributed by atoms with Crippen LogP contribution in [-0.2, 0) is 4.74 Å². The Kier molecular flexibility index (Phi) is 5.93. The SMILES string of the molecule is CNCC(CO)COC. The second-order valence-electron chi connectivity index (χ2n) is 2.06. The third-order valence-electron chi connectivity index (χ3n) is 1.15. The van der Waals surface area contributed by atoms with Crippen LogP contribution in [0.25, 0.3) is 0 Å². The summed E-state index contributed by atoms with van der Waals surface area (Å²) in [5.74, 6) is 0.236. The van der Waals surface area contributed by atoms with Crippen LogP contribution in [0.5, 0.6) is 0 Å². The average Bonchev–Trinajstić information content (AvgIpc) is 1.88. The molecule has 0 aromatic carbocycles. The van der Waals surface area contributed by atoms with Crippen molar-refractivity contribution in [2.24, 2.45) is 5.92 Å². The predicted octanol–water partition coefficient (Wildman–Crippen LogP) is -0.539. The van der Waals surface area contributed by atoms with Gasteiger partial charge < -0.3 is 15.2 Å². The van der Waals surface area contributed by atoms with Gasteiger partial charge >= 0.3 is 0 Å². The highest BCUT2D eigenvalue weighted by Crippen LogP contribution is 1.91. The average molecular weight is 133 g/mol. The number of methoxy groups -OCH3 is 1. The van der Waals surface area contributed by atoms with Crippen LogP contribution in [0.15, 0.2) is 0 Å². The Hall–Kier alpha value is -0.120. The van der Waals surface area contributed by atoms with E-state index in [1.807, 2.05) is 7.05 Å². The monoisotopic (exact) mass is 133 g/mol. The van der Waals surface area contributed by atoms with Crippen molar-refractivity contribution < 1.29 is 9.84 Å². The second-order valence-corrected chi connectivity index (χ2v) is 2.06. The molecule has 1 unspecified atom stereocenters. The zero-order valence-electron chi connectivity index (χ0n) is 6.05. The maximum Gasteiger partial charge on any atom is 0.0524 e. The summed E-state index contributed by atoms with van der Waals surface area (Å²) in [7, 11) is 3.50. The van der Waals surface area contributed by atoms with Gasteiger partial charge in [-0.25, -0.2) is 0 Å². The Labute approximate surface area is 56.0 Å². The highest BCUT2D eigenvalue weighted by atomic mass is 16.5. The first kappa shape index (κ1) is 8.88. The highest BCUT2D eigenvalue weighted by molar-refractivity contribution is 4.56. The van der Waals surface area contributed by atoms with Crippen molar-refractivity contribution in [2.75, 3.05) is 33.9 Å². The van der Waals surface area contributed by atoms with Crippen LogP contribution in [0.2, 0.25) is 0 Å². The zero-order valence-corrected chi connectivity index (χ0v) is 6.05. The van der Waals surface area contributed by atoms with Crippen molar-refractivity contribution in [3.8, 4) is 0 Å². The van der Waals surface area contributed by atoms with E-state index in [9.17, 15) is 0 Å². The third kappa shape index (κ3) is 4.39. The molecule has 0 saturated carbocycles. The number of aliphatic hydroxyl groups is 1. The molecule has 0 aromatic heterocycles. The molecule has 3 heteroatoms. The van der Waals surface area contributed by atoms with Gasteiger partial charge in [0.15, 0.2) is 0 Å². The molecule has 3 nitrogen and oxygen atoms in total. The van der Waals surface area contributed by atoms with Gasteiger partial charge in [0.25, 0.3) is 0 Å². The molecule has 0 radical (unpaired) electrons. The predicted molar refractivity (Wildman–Crippen MR) is 36.4 cm³/mol. The van der Waals surface area contributed by atoms with Gasteiger partial charge in [0.2, 0.25) is 0 Å². The van der Waals surface area contributed by atoms with Crippen molar-refractivity contribution in [1.29, 1.82) is 0 Å². The van der Waals surface area contributed by atoms with Gasteiger partial charge in [-0.15, -0.1) is 0 Å². The van der Waals surface area contributed by atoms with E-state index < -0.39 is 0 Å². The maximum atomic E-state index is 8.67. The molecular formula is C6H15NO2. The largest absolute Gasteiger partial charge is 0.396 e. The Morgan fingerprint density at radius 2 is 2.33 bits per heavy atom. The molecular weight excluding hydrogens is 118 g/mol. The number of hydrogen-bond acceptors (Lipinski definition) is 3. The fourth-order valence-corrected chi connectivity index (χ4v) is 0.701. The lowest BCUT2D eigenvalue weighted by molar-refractivity contribution is 0.110. The first-order valence-electron chi connectivity index (χ1n) is 3.09. The van der Waals surface area contributed by atoms with E-state index in [4.69, 9.17) is 9.84 Å². The number of hydrogen-bond donors (Lipinski definition) is 2. The lowest BCUT2D eigenvalue weighted by atomic mass is 10.2. The maximum absolute atomic E-state index is 8.67. The van der Waals surface area contributed by atoms with Crippen molar-refractivity contribution in [3.05, 3.63) is 0 Å². The van der Waals surface area contributed by atoms with Crippen LogP contribution in [0, 0.1) is 5.92 Å². The van der Waals surface area contributed by atoms with Crippen LogP contribution in [0.3, 0.4) is 0 Å². The van der Waals surface area contributed by atoms with Crippen molar-refractivity contribution >= 4 is 0 Å². The molecule has 0 saturated heterocycles. The van der Waals surface area contributed by atoms with E-state index in [2.05, 4.69) is 5.32 Å². The summed E-state index contributed by atoms with van der Waals surface area (Å²) in [5.41, 5.74) is 0. The molecule has 9 heavy (non-hydrogen) atoms. The van der Waals surface area contributed by atoms with Gasteiger partial charge in [0.1, 0.15) is 0 Å². The topological polar surface area (TPSA) is 41.5 Å². The van der Waals surface area contributed by atoms with Gasteiger partial charge in [-0.3, -0.25) is 0 Å². The molecule has 56 valence electrons. The zero-order chi connectivity index (χ0) is 7.11. The minimum absolute atomic E-state index is 0.189. The smallest absolute Gasteiger partial charge is 0.0524 e. The minimum Gasteiger partial charge on any atom is -0.396 e. The molecule has 0 bridgehead atoms. The summed E-state index contributed by atoms with van der Waals surface area (Å²) in [4.78, 5) is 0. The van der Waals surface area contributed by atoms with Gasteiger partial charge in [-0.1, -0.05) is 0 Å². The van der Waals surface area contributed by atoms with E-state index in [0.717, 1.165) is 6.54 Å². The fraction of sp³-hybridized carbons (Fsp3) is 1.00. The Bertz CT molecular complexity index is 53.0. The molecule has 2 N–H and O–H groups in total. The molecule has 1 atom stereocenters. The standard InChI is InChI=1S/C6H15NO2/c1-7-3-6(4-8)5-9-2/h6-8H,3-5H2,1-2H3. The van der Waals surface area contributed by atoms with Gasteiger partial charge in [-0.05, 0) is 7.05 Å². The van der Waals surface area contributed by atoms with Gasteiger partial charge in [0, 0.05) is 26.2 Å². The van der Waals surface area contributed by atoms with E-state index in [1.165, 1.54) is 0 Å².